The van der Waals surface area contributed by atoms with Gasteiger partial charge in [0, 0.05) is 5.56 Å². The lowest BCUT2D eigenvalue weighted by Gasteiger charge is -2.41. The Labute approximate surface area is 132 Å². The van der Waals surface area contributed by atoms with Crippen molar-refractivity contribution < 1.29 is 8.78 Å². The van der Waals surface area contributed by atoms with Gasteiger partial charge in [0.05, 0.1) is 0 Å². The van der Waals surface area contributed by atoms with Gasteiger partial charge in [-0.1, -0.05) is 12.2 Å². The summed E-state index contributed by atoms with van der Waals surface area (Å²) in [6, 6.07) is 3.13. The average Bonchev–Trinajstić information content (AvgIpc) is 2.52. The lowest BCUT2D eigenvalue weighted by atomic mass is 9.64. The van der Waals surface area contributed by atoms with Gasteiger partial charge in [-0.15, -0.1) is 0 Å². The van der Waals surface area contributed by atoms with Crippen LogP contribution in [0.4, 0.5) is 8.78 Å². The van der Waals surface area contributed by atoms with Gasteiger partial charge in [-0.3, -0.25) is 0 Å². The second kappa shape index (κ2) is 6.52. The van der Waals surface area contributed by atoms with Crippen molar-refractivity contribution in [3.8, 4) is 0 Å². The Morgan fingerprint density at radius 1 is 0.955 bits per heavy atom. The van der Waals surface area contributed by atoms with Crippen molar-refractivity contribution in [3.63, 3.8) is 0 Å². The molecule has 0 saturated heterocycles. The van der Waals surface area contributed by atoms with E-state index in [0.29, 0.717) is 5.92 Å². The molecule has 0 heterocycles. The Kier molecular flexibility index (Phi) is 4.65. The first-order chi connectivity index (χ1) is 10.6. The highest BCUT2D eigenvalue weighted by atomic mass is 19.1. The molecule has 0 radical (unpaired) electrons. The highest BCUT2D eigenvalue weighted by molar-refractivity contribution is 5.28. The van der Waals surface area contributed by atoms with Crippen LogP contribution in [0.3, 0.4) is 0 Å². The quantitative estimate of drug-likeness (QED) is 0.575. The fourth-order valence-electron chi connectivity index (χ4n) is 4.58. The van der Waals surface area contributed by atoms with Crippen molar-refractivity contribution >= 4 is 0 Å². The van der Waals surface area contributed by atoms with Crippen molar-refractivity contribution in [2.45, 2.75) is 58.3 Å². The Morgan fingerprint density at radius 2 is 1.59 bits per heavy atom. The molecule has 4 unspecified atom stereocenters. The number of hydrogen-bond acceptors (Lipinski definition) is 0. The highest BCUT2D eigenvalue weighted by Gasteiger charge is 2.35. The van der Waals surface area contributed by atoms with Gasteiger partial charge in [0.25, 0.3) is 0 Å². The molecule has 2 aliphatic carbocycles. The van der Waals surface area contributed by atoms with E-state index in [0.717, 1.165) is 36.2 Å². The van der Waals surface area contributed by atoms with Crippen LogP contribution in [0.2, 0.25) is 0 Å². The van der Waals surface area contributed by atoms with Crippen molar-refractivity contribution in [2.24, 2.45) is 17.8 Å². The summed E-state index contributed by atoms with van der Waals surface area (Å²) < 4.78 is 27.6. The molecular formula is C20H26F2. The maximum atomic E-state index is 13.8. The number of rotatable bonds is 2. The summed E-state index contributed by atoms with van der Waals surface area (Å²) in [5.74, 6) is 1.85. The van der Waals surface area contributed by atoms with E-state index in [1.54, 1.807) is 12.1 Å². The van der Waals surface area contributed by atoms with E-state index in [-0.39, 0.29) is 5.56 Å². The molecule has 0 aromatic heterocycles. The first-order valence-corrected chi connectivity index (χ1v) is 8.66. The van der Waals surface area contributed by atoms with Crippen LogP contribution in [0, 0.1) is 36.3 Å². The van der Waals surface area contributed by atoms with Gasteiger partial charge >= 0.3 is 0 Å². The molecule has 0 amide bonds. The number of fused-ring (bicyclic) bond motifs is 1. The van der Waals surface area contributed by atoms with E-state index in [1.165, 1.54) is 32.6 Å². The third kappa shape index (κ3) is 3.11. The molecule has 120 valence electrons. The molecular weight excluding hydrogens is 278 g/mol. The van der Waals surface area contributed by atoms with Gasteiger partial charge in [0.15, 0.2) is 0 Å². The minimum Gasteiger partial charge on any atom is -0.207 e. The first kappa shape index (κ1) is 15.7. The van der Waals surface area contributed by atoms with Crippen LogP contribution in [0.1, 0.15) is 62.5 Å². The summed E-state index contributed by atoms with van der Waals surface area (Å²) >= 11 is 0. The van der Waals surface area contributed by atoms with Crippen LogP contribution in [-0.4, -0.2) is 0 Å². The molecule has 2 aliphatic rings. The molecule has 1 aromatic rings. The van der Waals surface area contributed by atoms with Gasteiger partial charge in [0.2, 0.25) is 0 Å². The van der Waals surface area contributed by atoms with E-state index >= 15 is 0 Å². The maximum Gasteiger partial charge on any atom is 0.129 e. The lowest BCUT2D eigenvalue weighted by Crippen LogP contribution is -2.30. The number of benzene rings is 1. The molecule has 2 saturated carbocycles. The summed E-state index contributed by atoms with van der Waals surface area (Å²) in [7, 11) is 0. The molecule has 0 nitrogen and oxygen atoms in total. The zero-order valence-corrected chi connectivity index (χ0v) is 13.6. The number of allylic oxidation sites excluding steroid dienone is 2. The second-order valence-corrected chi connectivity index (χ2v) is 7.24. The van der Waals surface area contributed by atoms with Crippen LogP contribution in [0.25, 0.3) is 0 Å². The van der Waals surface area contributed by atoms with Gasteiger partial charge in [0.1, 0.15) is 11.6 Å². The molecule has 0 bridgehead atoms. The van der Waals surface area contributed by atoms with Crippen molar-refractivity contribution in [3.05, 3.63) is 47.0 Å². The molecule has 2 heteroatoms. The van der Waals surface area contributed by atoms with Crippen molar-refractivity contribution in [1.29, 1.82) is 0 Å². The lowest BCUT2D eigenvalue weighted by molar-refractivity contribution is 0.133. The van der Waals surface area contributed by atoms with E-state index < -0.39 is 11.6 Å². The third-order valence-corrected chi connectivity index (χ3v) is 5.89. The fraction of sp³-hybridized carbons (Fsp3) is 0.600. The molecule has 4 atom stereocenters. The summed E-state index contributed by atoms with van der Waals surface area (Å²) in [4.78, 5) is 0. The topological polar surface area (TPSA) is 0 Å². The second-order valence-electron chi connectivity index (χ2n) is 7.24. The van der Waals surface area contributed by atoms with E-state index in [9.17, 15) is 8.78 Å². The molecule has 2 fully saturated rings. The third-order valence-electron chi connectivity index (χ3n) is 5.89. The van der Waals surface area contributed by atoms with E-state index in [1.807, 2.05) is 0 Å². The summed E-state index contributed by atoms with van der Waals surface area (Å²) in [6.07, 6.45) is 11.8. The largest absolute Gasteiger partial charge is 0.207 e. The number of halogens is 2. The zero-order valence-electron chi connectivity index (χ0n) is 13.6. The Morgan fingerprint density at radius 3 is 2.27 bits per heavy atom. The van der Waals surface area contributed by atoms with Crippen molar-refractivity contribution in [2.75, 3.05) is 0 Å². The molecule has 22 heavy (non-hydrogen) atoms. The molecule has 0 N–H and O–H groups in total. The minimum absolute atomic E-state index is 0.143. The molecule has 3 rings (SSSR count). The van der Waals surface area contributed by atoms with Gasteiger partial charge in [-0.2, -0.15) is 0 Å². The Bertz CT molecular complexity index is 538. The smallest absolute Gasteiger partial charge is 0.129 e. The van der Waals surface area contributed by atoms with Gasteiger partial charge < -0.3 is 0 Å². The van der Waals surface area contributed by atoms with Crippen LogP contribution >= 0.6 is 0 Å². The average molecular weight is 304 g/mol. The molecule has 0 spiro atoms. The first-order valence-electron chi connectivity index (χ1n) is 8.66. The Balaban J connectivity index is 1.70. The predicted octanol–water partition coefficient (Wildman–Crippen LogP) is 6.15. The normalized spacial score (nSPS) is 32.2. The predicted molar refractivity (Wildman–Crippen MR) is 86.8 cm³/mol. The maximum absolute atomic E-state index is 13.8. The minimum atomic E-state index is -0.395. The standard InChI is InChI=1S/C20H26F2/c1-3-4-14-5-6-16-10-17(8-7-15(16)9-14)18-11-19(21)13(2)20(22)12-18/h3-4,11-12,14-17H,5-10H2,1-2H3. The zero-order chi connectivity index (χ0) is 15.7. The number of hydrogen-bond donors (Lipinski definition) is 0. The van der Waals surface area contributed by atoms with Crippen molar-refractivity contribution in [1.82, 2.24) is 0 Å². The van der Waals surface area contributed by atoms with Gasteiger partial charge in [-0.25, -0.2) is 8.78 Å². The molecule has 0 aliphatic heterocycles. The monoisotopic (exact) mass is 304 g/mol. The Hall–Kier alpha value is -1.18. The van der Waals surface area contributed by atoms with Gasteiger partial charge in [-0.05, 0) is 93.7 Å². The SMILES string of the molecule is CC=CC1CCC2CC(c3cc(F)c(C)c(F)c3)CCC2C1. The summed E-state index contributed by atoms with van der Waals surface area (Å²) in [5.41, 5.74) is 1.01. The highest BCUT2D eigenvalue weighted by Crippen LogP contribution is 2.48. The van der Waals surface area contributed by atoms with Crippen LogP contribution in [-0.2, 0) is 0 Å². The fourth-order valence-corrected chi connectivity index (χ4v) is 4.58. The molecule has 1 aromatic carbocycles. The van der Waals surface area contributed by atoms with Crippen LogP contribution in [0.5, 0.6) is 0 Å². The summed E-state index contributed by atoms with van der Waals surface area (Å²) in [6.45, 7) is 3.61. The van der Waals surface area contributed by atoms with E-state index in [2.05, 4.69) is 19.1 Å². The van der Waals surface area contributed by atoms with E-state index in [4.69, 9.17) is 0 Å². The van der Waals surface area contributed by atoms with Crippen LogP contribution in [0.15, 0.2) is 24.3 Å². The van der Waals surface area contributed by atoms with Crippen LogP contribution < -0.4 is 0 Å². The summed E-state index contributed by atoms with van der Waals surface area (Å²) in [5, 5.41) is 0.